The lowest BCUT2D eigenvalue weighted by molar-refractivity contribution is 0.0575. The van der Waals surface area contributed by atoms with Crippen molar-refractivity contribution in [2.24, 2.45) is 0 Å². The van der Waals surface area contributed by atoms with Crippen molar-refractivity contribution in [3.63, 3.8) is 0 Å². The van der Waals surface area contributed by atoms with Crippen LogP contribution in [0.3, 0.4) is 0 Å². The molecule has 0 bridgehead atoms. The molecule has 1 fully saturated rings. The van der Waals surface area contributed by atoms with Crippen molar-refractivity contribution < 1.29 is 19.4 Å². The first kappa shape index (κ1) is 35.4. The van der Waals surface area contributed by atoms with Gasteiger partial charge < -0.3 is 15.2 Å². The number of carbonyl (C=O) groups excluding carboxylic acids is 1. The molecule has 7 nitrogen and oxygen atoms in total. The fourth-order valence-corrected chi connectivity index (χ4v) is 9.02. The highest BCUT2D eigenvalue weighted by atomic mass is 32.2. The summed E-state index contributed by atoms with van der Waals surface area (Å²) < 4.78 is 5.41. The van der Waals surface area contributed by atoms with E-state index in [9.17, 15) is 14.7 Å². The molecule has 0 unspecified atom stereocenters. The zero-order chi connectivity index (χ0) is 35.1. The molecular weight excluding hydrogens is 663 g/mol. The van der Waals surface area contributed by atoms with Gasteiger partial charge in [0, 0.05) is 48.1 Å². The van der Waals surface area contributed by atoms with Crippen molar-refractivity contribution in [1.29, 1.82) is 0 Å². The SMILES string of the molecule is CC(C)(C)OC(=O)N(C[C@@H]1C[C@H](SC(c2ccccc2)(c2ccccc2)c2ccccc2)CN1)c1ccc(CCc2nccs2)c(C(=O)O)c1. The third-order valence-electron chi connectivity index (χ3n) is 8.81. The summed E-state index contributed by atoms with van der Waals surface area (Å²) in [7, 11) is 0. The number of rotatable bonds is 12. The first-order valence-corrected chi connectivity index (χ1v) is 18.7. The van der Waals surface area contributed by atoms with Crippen LogP contribution in [0.2, 0.25) is 0 Å². The average molecular weight is 706 g/mol. The second kappa shape index (κ2) is 15.6. The molecule has 6 rings (SSSR count). The number of nitrogens with one attached hydrogen (secondary N) is 1. The summed E-state index contributed by atoms with van der Waals surface area (Å²) in [5.41, 5.74) is 4.28. The van der Waals surface area contributed by atoms with Gasteiger partial charge in [-0.15, -0.1) is 23.1 Å². The van der Waals surface area contributed by atoms with Crippen LogP contribution >= 0.6 is 23.1 Å². The van der Waals surface area contributed by atoms with Crippen LogP contribution in [0.25, 0.3) is 0 Å². The number of hydrogen-bond donors (Lipinski definition) is 2. The van der Waals surface area contributed by atoms with Crippen LogP contribution in [0.5, 0.6) is 0 Å². The molecule has 1 saturated heterocycles. The van der Waals surface area contributed by atoms with Crippen LogP contribution in [0, 0.1) is 0 Å². The van der Waals surface area contributed by atoms with Crippen LogP contribution in [0.4, 0.5) is 10.5 Å². The number of aromatic nitrogens is 1. The molecule has 0 radical (unpaired) electrons. The molecule has 2 N–H and O–H groups in total. The molecule has 1 amide bonds. The van der Waals surface area contributed by atoms with E-state index in [0.717, 1.165) is 18.0 Å². The van der Waals surface area contributed by atoms with Crippen molar-refractivity contribution in [3.05, 3.63) is 154 Å². The maximum absolute atomic E-state index is 13.8. The minimum atomic E-state index is -1.03. The molecule has 4 aromatic carbocycles. The quantitative estimate of drug-likeness (QED) is 0.125. The number of anilines is 1. The summed E-state index contributed by atoms with van der Waals surface area (Å²) in [5.74, 6) is -1.03. The molecule has 2 atom stereocenters. The van der Waals surface area contributed by atoms with E-state index in [1.54, 1.807) is 28.5 Å². The van der Waals surface area contributed by atoms with Gasteiger partial charge in [0.15, 0.2) is 0 Å². The van der Waals surface area contributed by atoms with Gasteiger partial charge in [0.2, 0.25) is 0 Å². The molecule has 9 heteroatoms. The number of aryl methyl sites for hydroxylation is 2. The number of carboxylic acid groups (broad SMARTS) is 1. The van der Waals surface area contributed by atoms with Gasteiger partial charge in [0.1, 0.15) is 5.60 Å². The smallest absolute Gasteiger partial charge is 0.414 e. The van der Waals surface area contributed by atoms with Crippen LogP contribution in [-0.4, -0.2) is 52.1 Å². The number of aromatic carboxylic acids is 1. The van der Waals surface area contributed by atoms with E-state index in [1.165, 1.54) is 16.7 Å². The van der Waals surface area contributed by atoms with Gasteiger partial charge in [-0.1, -0.05) is 97.1 Å². The molecule has 2 heterocycles. The van der Waals surface area contributed by atoms with E-state index in [4.69, 9.17) is 4.74 Å². The van der Waals surface area contributed by atoms with Crippen molar-refractivity contribution in [1.82, 2.24) is 10.3 Å². The number of benzene rings is 4. The third-order valence-corrected chi connectivity index (χ3v) is 11.4. The maximum Gasteiger partial charge on any atom is 0.414 e. The Labute approximate surface area is 302 Å². The number of ether oxygens (including phenoxy) is 1. The number of thioether (sulfide) groups is 1. The molecule has 1 aliphatic rings. The molecule has 1 aliphatic heterocycles. The number of carboxylic acids is 1. The average Bonchev–Trinajstić information content (AvgIpc) is 3.81. The van der Waals surface area contributed by atoms with Gasteiger partial charge >= 0.3 is 12.1 Å². The Bertz CT molecular complexity index is 1770. The molecule has 258 valence electrons. The zero-order valence-electron chi connectivity index (χ0n) is 28.6. The second-order valence-corrected chi connectivity index (χ2v) is 16.0. The number of hydrogen-bond acceptors (Lipinski definition) is 7. The van der Waals surface area contributed by atoms with Crippen molar-refractivity contribution in [2.45, 2.75) is 61.7 Å². The van der Waals surface area contributed by atoms with Crippen molar-refractivity contribution in [2.75, 3.05) is 18.0 Å². The summed E-state index contributed by atoms with van der Waals surface area (Å²) in [6.45, 7) is 6.60. The molecule has 0 saturated carbocycles. The summed E-state index contributed by atoms with van der Waals surface area (Å²) in [5, 5.41) is 17.0. The lowest BCUT2D eigenvalue weighted by atomic mass is 9.84. The molecule has 5 aromatic rings. The molecule has 0 spiro atoms. The Morgan fingerprint density at radius 3 is 2.02 bits per heavy atom. The Morgan fingerprint density at radius 2 is 1.50 bits per heavy atom. The second-order valence-electron chi connectivity index (χ2n) is 13.5. The Morgan fingerprint density at radius 1 is 0.900 bits per heavy atom. The van der Waals surface area contributed by atoms with Gasteiger partial charge in [-0.25, -0.2) is 14.6 Å². The lowest BCUT2D eigenvalue weighted by Gasteiger charge is -2.37. The van der Waals surface area contributed by atoms with Gasteiger partial charge in [-0.05, 0) is 68.0 Å². The fourth-order valence-electron chi connectivity index (χ4n) is 6.57. The Kier molecular flexibility index (Phi) is 11.1. The van der Waals surface area contributed by atoms with Gasteiger partial charge in [-0.3, -0.25) is 4.90 Å². The summed E-state index contributed by atoms with van der Waals surface area (Å²) in [6.07, 6.45) is 3.24. The first-order chi connectivity index (χ1) is 24.1. The highest BCUT2D eigenvalue weighted by Crippen LogP contribution is 2.51. The zero-order valence-corrected chi connectivity index (χ0v) is 30.3. The molecule has 1 aromatic heterocycles. The summed E-state index contributed by atoms with van der Waals surface area (Å²) >= 11 is 3.49. The largest absolute Gasteiger partial charge is 0.478 e. The standard InChI is InChI=1S/C41H43N3O4S2/c1-40(2,3)48-39(47)44(34-21-19-29(36(26-34)38(45)46)20-22-37-42-23-24-49-37)28-33-25-35(27-43-33)50-41(30-13-7-4-8-14-30,31-15-9-5-10-16-31)32-17-11-6-12-18-32/h4-19,21,23-24,26,33,35,43H,20,22,25,27-28H2,1-3H3,(H,45,46)/t33-,35-/m0/s1. The highest BCUT2D eigenvalue weighted by molar-refractivity contribution is 8.01. The topological polar surface area (TPSA) is 91.8 Å². The maximum atomic E-state index is 13.8. The predicted molar refractivity (Wildman–Crippen MR) is 203 cm³/mol. The van der Waals surface area contributed by atoms with E-state index >= 15 is 0 Å². The van der Waals surface area contributed by atoms with Crippen molar-refractivity contribution >= 4 is 40.8 Å². The molecule has 0 aliphatic carbocycles. The van der Waals surface area contributed by atoms with Crippen LogP contribution in [0.1, 0.15) is 64.8 Å². The van der Waals surface area contributed by atoms with E-state index in [-0.39, 0.29) is 16.9 Å². The van der Waals surface area contributed by atoms with E-state index in [2.05, 4.69) is 101 Å². The number of amides is 1. The summed E-state index contributed by atoms with van der Waals surface area (Å²) in [4.78, 5) is 32.2. The Hall–Kier alpha value is -4.44. The van der Waals surface area contributed by atoms with Gasteiger partial charge in [0.25, 0.3) is 0 Å². The monoisotopic (exact) mass is 705 g/mol. The van der Waals surface area contributed by atoms with Gasteiger partial charge in [-0.2, -0.15) is 0 Å². The van der Waals surface area contributed by atoms with Gasteiger partial charge in [0.05, 0.1) is 15.3 Å². The van der Waals surface area contributed by atoms with E-state index < -0.39 is 22.4 Å². The number of carbonyl (C=O) groups is 2. The first-order valence-electron chi connectivity index (χ1n) is 17.0. The number of thiazole rings is 1. The van der Waals surface area contributed by atoms with Crippen LogP contribution in [-0.2, 0) is 22.3 Å². The van der Waals surface area contributed by atoms with Crippen molar-refractivity contribution in [3.8, 4) is 0 Å². The fraction of sp³-hybridized carbons (Fsp3) is 0.293. The summed E-state index contributed by atoms with van der Waals surface area (Å²) in [6, 6.07) is 37.2. The minimum Gasteiger partial charge on any atom is -0.478 e. The number of nitrogens with zero attached hydrogens (tertiary/aromatic N) is 2. The molecular formula is C41H43N3O4S2. The minimum absolute atomic E-state index is 0.0436. The normalized spacial score (nSPS) is 16.2. The highest BCUT2D eigenvalue weighted by Gasteiger charge is 2.42. The predicted octanol–water partition coefficient (Wildman–Crippen LogP) is 8.82. The lowest BCUT2D eigenvalue weighted by Crippen LogP contribution is -2.44. The van der Waals surface area contributed by atoms with E-state index in [1.807, 2.05) is 50.0 Å². The van der Waals surface area contributed by atoms with E-state index in [0.29, 0.717) is 30.6 Å². The molecule has 50 heavy (non-hydrogen) atoms. The third kappa shape index (κ3) is 8.29. The van der Waals surface area contributed by atoms with Crippen LogP contribution < -0.4 is 10.2 Å². The van der Waals surface area contributed by atoms with Crippen LogP contribution in [0.15, 0.2) is 121 Å². The Balaban J connectivity index is 1.28.